The van der Waals surface area contributed by atoms with E-state index >= 15 is 0 Å². The van der Waals surface area contributed by atoms with Crippen molar-refractivity contribution in [2.75, 3.05) is 6.54 Å². The van der Waals surface area contributed by atoms with Gasteiger partial charge in [0.25, 0.3) is 0 Å². The standard InChI is InChI=1S/C15H20N2O5S/c16-23(21,22)12-4-2-11(3-5-12)6-9-17-13(18)10-15(14(19)20)7-1-8-15/h2-5H,1,6-10H2,(H,17,18)(H,19,20)(H2,16,21,22). The van der Waals surface area contributed by atoms with Crippen LogP contribution in [0.2, 0.25) is 0 Å². The Bertz CT molecular complexity index is 693. The van der Waals surface area contributed by atoms with Gasteiger partial charge in [-0.1, -0.05) is 18.6 Å². The van der Waals surface area contributed by atoms with E-state index in [0.29, 0.717) is 25.8 Å². The lowest BCUT2D eigenvalue weighted by molar-refractivity contribution is -0.157. The maximum absolute atomic E-state index is 11.9. The maximum Gasteiger partial charge on any atom is 0.310 e. The number of nitrogens with two attached hydrogens (primary N) is 1. The van der Waals surface area contributed by atoms with E-state index in [-0.39, 0.29) is 17.2 Å². The van der Waals surface area contributed by atoms with Crippen molar-refractivity contribution >= 4 is 21.9 Å². The third-order valence-electron chi connectivity index (χ3n) is 4.25. The highest BCUT2D eigenvalue weighted by Crippen LogP contribution is 2.44. The number of benzene rings is 1. The first-order chi connectivity index (χ1) is 10.7. The SMILES string of the molecule is NS(=O)(=O)c1ccc(CCNC(=O)CC2(C(=O)O)CCC2)cc1. The van der Waals surface area contributed by atoms with E-state index in [4.69, 9.17) is 5.14 Å². The summed E-state index contributed by atoms with van der Waals surface area (Å²) in [6.45, 7) is 0.364. The molecule has 1 aliphatic rings. The number of amides is 1. The Hall–Kier alpha value is -1.93. The number of hydrogen-bond acceptors (Lipinski definition) is 4. The van der Waals surface area contributed by atoms with Gasteiger partial charge in [-0.25, -0.2) is 13.6 Å². The Morgan fingerprint density at radius 1 is 1.22 bits per heavy atom. The van der Waals surface area contributed by atoms with E-state index in [1.165, 1.54) is 12.1 Å². The van der Waals surface area contributed by atoms with Crippen molar-refractivity contribution < 1.29 is 23.1 Å². The van der Waals surface area contributed by atoms with Crippen LogP contribution in [0.1, 0.15) is 31.2 Å². The van der Waals surface area contributed by atoms with Crippen molar-refractivity contribution in [3.8, 4) is 0 Å². The van der Waals surface area contributed by atoms with Crippen LogP contribution in [0, 0.1) is 5.41 Å². The molecule has 23 heavy (non-hydrogen) atoms. The number of primary sulfonamides is 1. The second kappa shape index (κ2) is 6.67. The molecule has 8 heteroatoms. The number of carbonyl (C=O) groups excluding carboxylic acids is 1. The highest BCUT2D eigenvalue weighted by atomic mass is 32.2. The minimum absolute atomic E-state index is 0.00664. The second-order valence-corrected chi connectivity index (χ2v) is 7.47. The van der Waals surface area contributed by atoms with Gasteiger partial charge in [-0.2, -0.15) is 0 Å². The van der Waals surface area contributed by atoms with Crippen molar-refractivity contribution in [2.24, 2.45) is 10.6 Å². The number of rotatable bonds is 7. The molecule has 0 aromatic heterocycles. The smallest absolute Gasteiger partial charge is 0.310 e. The molecule has 0 heterocycles. The summed E-state index contributed by atoms with van der Waals surface area (Å²) in [6, 6.07) is 6.10. The molecule has 1 aliphatic carbocycles. The molecule has 0 radical (unpaired) electrons. The number of sulfonamides is 1. The van der Waals surface area contributed by atoms with Gasteiger partial charge < -0.3 is 10.4 Å². The van der Waals surface area contributed by atoms with Gasteiger partial charge in [0.05, 0.1) is 10.3 Å². The molecule has 0 bridgehead atoms. The number of carboxylic acid groups (broad SMARTS) is 1. The Kier molecular flexibility index (Phi) is 5.06. The van der Waals surface area contributed by atoms with Gasteiger partial charge in [0.15, 0.2) is 0 Å². The van der Waals surface area contributed by atoms with E-state index in [0.717, 1.165) is 12.0 Å². The summed E-state index contributed by atoms with van der Waals surface area (Å²) < 4.78 is 22.3. The zero-order valence-corrected chi connectivity index (χ0v) is 13.4. The predicted molar refractivity (Wildman–Crippen MR) is 83.1 cm³/mol. The van der Waals surface area contributed by atoms with Crippen LogP contribution in [0.3, 0.4) is 0 Å². The van der Waals surface area contributed by atoms with Crippen LogP contribution in [-0.2, 0) is 26.0 Å². The molecule has 2 rings (SSSR count). The molecule has 0 atom stereocenters. The van der Waals surface area contributed by atoms with Crippen LogP contribution in [0.5, 0.6) is 0 Å². The minimum Gasteiger partial charge on any atom is -0.481 e. The lowest BCUT2D eigenvalue weighted by Gasteiger charge is -2.36. The van der Waals surface area contributed by atoms with Gasteiger partial charge in [-0.05, 0) is 37.0 Å². The number of aliphatic carboxylic acids is 1. The number of carbonyl (C=O) groups is 2. The molecule has 1 aromatic rings. The summed E-state index contributed by atoms with van der Waals surface area (Å²) >= 11 is 0. The van der Waals surface area contributed by atoms with Crippen LogP contribution in [0.4, 0.5) is 0 Å². The van der Waals surface area contributed by atoms with E-state index in [1.54, 1.807) is 12.1 Å². The molecule has 0 saturated heterocycles. The van der Waals surface area contributed by atoms with E-state index in [9.17, 15) is 23.1 Å². The lowest BCUT2D eigenvalue weighted by Crippen LogP contribution is -2.42. The van der Waals surface area contributed by atoms with Crippen LogP contribution < -0.4 is 10.5 Å². The first kappa shape index (κ1) is 17.4. The van der Waals surface area contributed by atoms with Gasteiger partial charge in [-0.3, -0.25) is 9.59 Å². The monoisotopic (exact) mass is 340 g/mol. The molecular weight excluding hydrogens is 320 g/mol. The predicted octanol–water partition coefficient (Wildman–Crippen LogP) is 0.638. The molecule has 0 spiro atoms. The van der Waals surface area contributed by atoms with Gasteiger partial charge in [0.1, 0.15) is 0 Å². The minimum atomic E-state index is -3.70. The number of hydrogen-bond donors (Lipinski definition) is 3. The van der Waals surface area contributed by atoms with Gasteiger partial charge in [0.2, 0.25) is 15.9 Å². The summed E-state index contributed by atoms with van der Waals surface area (Å²) in [5, 5.41) is 16.9. The van der Waals surface area contributed by atoms with Crippen molar-refractivity contribution in [2.45, 2.75) is 37.0 Å². The molecule has 4 N–H and O–H groups in total. The van der Waals surface area contributed by atoms with Crippen LogP contribution >= 0.6 is 0 Å². The van der Waals surface area contributed by atoms with Crippen LogP contribution in [0.15, 0.2) is 29.2 Å². The van der Waals surface area contributed by atoms with Gasteiger partial charge in [-0.15, -0.1) is 0 Å². The number of nitrogens with one attached hydrogen (secondary N) is 1. The zero-order valence-electron chi connectivity index (χ0n) is 12.6. The molecule has 1 saturated carbocycles. The Labute approximate surface area is 134 Å². The zero-order chi connectivity index (χ0) is 17.1. The van der Waals surface area contributed by atoms with Crippen molar-refractivity contribution in [1.29, 1.82) is 0 Å². The molecule has 0 aliphatic heterocycles. The van der Waals surface area contributed by atoms with Crippen molar-refractivity contribution in [3.05, 3.63) is 29.8 Å². The third kappa shape index (κ3) is 4.29. The fraction of sp³-hybridized carbons (Fsp3) is 0.467. The van der Waals surface area contributed by atoms with Crippen molar-refractivity contribution in [1.82, 2.24) is 5.32 Å². The average Bonchev–Trinajstić information content (AvgIpc) is 2.42. The molecule has 0 unspecified atom stereocenters. The average molecular weight is 340 g/mol. The Balaban J connectivity index is 1.81. The van der Waals surface area contributed by atoms with Crippen molar-refractivity contribution in [3.63, 3.8) is 0 Å². The van der Waals surface area contributed by atoms with E-state index < -0.39 is 21.4 Å². The summed E-state index contributed by atoms with van der Waals surface area (Å²) in [5.41, 5.74) is -0.0319. The molecule has 1 fully saturated rings. The maximum atomic E-state index is 11.9. The second-order valence-electron chi connectivity index (χ2n) is 5.90. The largest absolute Gasteiger partial charge is 0.481 e. The topological polar surface area (TPSA) is 127 Å². The Morgan fingerprint density at radius 2 is 1.83 bits per heavy atom. The Morgan fingerprint density at radius 3 is 2.26 bits per heavy atom. The summed E-state index contributed by atoms with van der Waals surface area (Å²) in [5.74, 6) is -1.18. The van der Waals surface area contributed by atoms with Crippen LogP contribution in [0.25, 0.3) is 0 Å². The fourth-order valence-electron chi connectivity index (χ4n) is 2.63. The quantitative estimate of drug-likeness (QED) is 0.671. The van der Waals surface area contributed by atoms with E-state index in [1.807, 2.05) is 0 Å². The summed E-state index contributed by atoms with van der Waals surface area (Å²) in [6.07, 6.45) is 2.47. The molecule has 126 valence electrons. The van der Waals surface area contributed by atoms with Crippen LogP contribution in [-0.4, -0.2) is 31.9 Å². The normalized spacial score (nSPS) is 16.4. The summed E-state index contributed by atoms with van der Waals surface area (Å²) in [7, 11) is -3.70. The highest BCUT2D eigenvalue weighted by Gasteiger charge is 2.45. The first-order valence-electron chi connectivity index (χ1n) is 7.35. The summed E-state index contributed by atoms with van der Waals surface area (Å²) in [4.78, 5) is 23.1. The number of carboxylic acids is 1. The van der Waals surface area contributed by atoms with Gasteiger partial charge >= 0.3 is 5.97 Å². The third-order valence-corrected chi connectivity index (χ3v) is 5.18. The van der Waals surface area contributed by atoms with Gasteiger partial charge in [0, 0.05) is 13.0 Å². The molecule has 1 aromatic carbocycles. The molecular formula is C15H20N2O5S. The highest BCUT2D eigenvalue weighted by molar-refractivity contribution is 7.89. The lowest BCUT2D eigenvalue weighted by atomic mass is 9.66. The molecule has 1 amide bonds. The fourth-order valence-corrected chi connectivity index (χ4v) is 3.15. The first-order valence-corrected chi connectivity index (χ1v) is 8.89. The van der Waals surface area contributed by atoms with E-state index in [2.05, 4.69) is 5.32 Å². The molecule has 7 nitrogen and oxygen atoms in total.